The second-order valence-electron chi connectivity index (χ2n) is 3.92. The number of carbonyl (C=O) groups excluding carboxylic acids is 1. The van der Waals surface area contributed by atoms with E-state index in [1.807, 2.05) is 18.2 Å². The van der Waals surface area contributed by atoms with Crippen molar-refractivity contribution in [1.29, 1.82) is 0 Å². The number of hydrogen-bond acceptors (Lipinski definition) is 3. The highest BCUT2D eigenvalue weighted by Gasteiger charge is 2.15. The minimum atomic E-state index is -0.172. The van der Waals surface area contributed by atoms with Gasteiger partial charge in [0.25, 0.3) is 0 Å². The highest BCUT2D eigenvalue weighted by Crippen LogP contribution is 2.34. The first-order valence-electron chi connectivity index (χ1n) is 5.63. The van der Waals surface area contributed by atoms with Crippen molar-refractivity contribution in [2.45, 2.75) is 0 Å². The van der Waals surface area contributed by atoms with E-state index in [9.17, 15) is 4.79 Å². The normalized spacial score (nSPS) is 15.9. The number of nitrogens with zero attached hydrogens (tertiary/aromatic N) is 1. The van der Waals surface area contributed by atoms with E-state index < -0.39 is 0 Å². The van der Waals surface area contributed by atoms with E-state index in [1.165, 1.54) is 0 Å². The molecule has 1 aromatic carbocycles. The lowest BCUT2D eigenvalue weighted by molar-refractivity contribution is 0.174. The van der Waals surface area contributed by atoms with Crippen molar-refractivity contribution in [1.82, 2.24) is 4.90 Å². The molecule has 0 aromatic heterocycles. The number of rotatable bonds is 1. The molecule has 3 rings (SSSR count). The maximum Gasteiger partial charge on any atom is 0.326 e. The van der Waals surface area contributed by atoms with Crippen molar-refractivity contribution in [3.8, 4) is 11.5 Å². The number of allylic oxidation sites excluding steroid dienone is 2. The standard InChI is InChI=1S/C13H12N2O3/c16-13(15-6-2-1-3-7-15)14-10-4-5-11-12(8-10)18-9-17-11/h1-6,8H,7,9H2,(H,14,16). The first kappa shape index (κ1) is 10.7. The summed E-state index contributed by atoms with van der Waals surface area (Å²) in [6.07, 6.45) is 7.38. The molecule has 18 heavy (non-hydrogen) atoms. The Hall–Kier alpha value is -2.43. The van der Waals surface area contributed by atoms with Gasteiger partial charge in [0.15, 0.2) is 11.5 Å². The van der Waals surface area contributed by atoms with Gasteiger partial charge in [0.05, 0.1) is 0 Å². The van der Waals surface area contributed by atoms with Crippen molar-refractivity contribution in [3.63, 3.8) is 0 Å². The lowest BCUT2D eigenvalue weighted by Crippen LogP contribution is -2.31. The molecule has 0 spiro atoms. The zero-order valence-electron chi connectivity index (χ0n) is 9.63. The Balaban J connectivity index is 1.71. The molecule has 2 aliphatic heterocycles. The monoisotopic (exact) mass is 244 g/mol. The van der Waals surface area contributed by atoms with Gasteiger partial charge in [-0.1, -0.05) is 12.2 Å². The van der Waals surface area contributed by atoms with Crippen LogP contribution in [-0.4, -0.2) is 24.3 Å². The summed E-state index contributed by atoms with van der Waals surface area (Å²) in [6.45, 7) is 0.805. The van der Waals surface area contributed by atoms with E-state index in [0.29, 0.717) is 23.7 Å². The van der Waals surface area contributed by atoms with Crippen LogP contribution in [0.5, 0.6) is 11.5 Å². The minimum Gasteiger partial charge on any atom is -0.454 e. The Labute approximate surface area is 104 Å². The van der Waals surface area contributed by atoms with Crippen LogP contribution in [0.3, 0.4) is 0 Å². The van der Waals surface area contributed by atoms with Gasteiger partial charge >= 0.3 is 6.03 Å². The molecule has 2 aliphatic rings. The highest BCUT2D eigenvalue weighted by atomic mass is 16.7. The number of hydrogen-bond donors (Lipinski definition) is 1. The highest BCUT2D eigenvalue weighted by molar-refractivity contribution is 5.90. The SMILES string of the molecule is O=C(Nc1ccc2c(c1)OCO2)N1C=CC=CC1. The van der Waals surface area contributed by atoms with Crippen molar-refractivity contribution in [2.24, 2.45) is 0 Å². The fourth-order valence-corrected chi connectivity index (χ4v) is 1.79. The fourth-order valence-electron chi connectivity index (χ4n) is 1.79. The second kappa shape index (κ2) is 4.44. The van der Waals surface area contributed by atoms with E-state index in [1.54, 1.807) is 29.3 Å². The molecule has 0 unspecified atom stereocenters. The van der Waals surface area contributed by atoms with Gasteiger partial charge in [-0.3, -0.25) is 4.90 Å². The van der Waals surface area contributed by atoms with Crippen molar-refractivity contribution in [2.75, 3.05) is 18.7 Å². The van der Waals surface area contributed by atoms with Crippen LogP contribution in [0.2, 0.25) is 0 Å². The summed E-state index contributed by atoms with van der Waals surface area (Å²) < 4.78 is 10.5. The van der Waals surface area contributed by atoms with Crippen molar-refractivity contribution >= 4 is 11.7 Å². The van der Waals surface area contributed by atoms with Crippen LogP contribution in [-0.2, 0) is 0 Å². The summed E-state index contributed by atoms with van der Waals surface area (Å²) in [5.74, 6) is 1.36. The number of anilines is 1. The summed E-state index contributed by atoms with van der Waals surface area (Å²) >= 11 is 0. The topological polar surface area (TPSA) is 50.8 Å². The number of amides is 2. The largest absolute Gasteiger partial charge is 0.454 e. The molecule has 0 aliphatic carbocycles. The number of ether oxygens (including phenoxy) is 2. The Morgan fingerprint density at radius 1 is 1.22 bits per heavy atom. The number of urea groups is 1. The van der Waals surface area contributed by atoms with Crippen molar-refractivity contribution < 1.29 is 14.3 Å². The van der Waals surface area contributed by atoms with E-state index >= 15 is 0 Å². The molecule has 2 heterocycles. The summed E-state index contributed by atoms with van der Waals surface area (Å²) in [6, 6.07) is 5.15. The number of nitrogens with one attached hydrogen (secondary N) is 1. The molecule has 5 nitrogen and oxygen atoms in total. The third-order valence-corrected chi connectivity index (χ3v) is 2.70. The average molecular weight is 244 g/mol. The number of fused-ring (bicyclic) bond motifs is 1. The third-order valence-electron chi connectivity index (χ3n) is 2.70. The van der Waals surface area contributed by atoms with Crippen LogP contribution in [0.1, 0.15) is 0 Å². The van der Waals surface area contributed by atoms with Gasteiger partial charge in [-0.25, -0.2) is 4.79 Å². The average Bonchev–Trinajstić information content (AvgIpc) is 2.87. The van der Waals surface area contributed by atoms with E-state index in [4.69, 9.17) is 9.47 Å². The van der Waals surface area contributed by atoms with Crippen LogP contribution >= 0.6 is 0 Å². The number of carbonyl (C=O) groups is 1. The smallest absolute Gasteiger partial charge is 0.326 e. The van der Waals surface area contributed by atoms with Crippen LogP contribution < -0.4 is 14.8 Å². The van der Waals surface area contributed by atoms with Gasteiger partial charge in [0, 0.05) is 24.5 Å². The third kappa shape index (κ3) is 2.02. The van der Waals surface area contributed by atoms with Gasteiger partial charge in [0.1, 0.15) is 0 Å². The minimum absolute atomic E-state index is 0.172. The number of benzene rings is 1. The van der Waals surface area contributed by atoms with E-state index in [2.05, 4.69) is 5.32 Å². The Bertz CT molecular complexity index is 537. The summed E-state index contributed by atoms with van der Waals surface area (Å²) in [5.41, 5.74) is 0.687. The molecule has 0 radical (unpaired) electrons. The Morgan fingerprint density at radius 2 is 2.11 bits per heavy atom. The van der Waals surface area contributed by atoms with Gasteiger partial charge in [-0.2, -0.15) is 0 Å². The van der Waals surface area contributed by atoms with Crippen LogP contribution in [0.15, 0.2) is 42.6 Å². The summed E-state index contributed by atoms with van der Waals surface area (Å²) in [5, 5.41) is 2.81. The second-order valence-corrected chi connectivity index (χ2v) is 3.92. The lowest BCUT2D eigenvalue weighted by Gasteiger charge is -2.19. The van der Waals surface area contributed by atoms with Gasteiger partial charge in [0.2, 0.25) is 6.79 Å². The predicted molar refractivity (Wildman–Crippen MR) is 66.6 cm³/mol. The Morgan fingerprint density at radius 3 is 2.94 bits per heavy atom. The van der Waals surface area contributed by atoms with Crippen molar-refractivity contribution in [3.05, 3.63) is 42.6 Å². The molecule has 0 saturated heterocycles. The molecule has 0 saturated carbocycles. The zero-order valence-corrected chi connectivity index (χ0v) is 9.63. The quantitative estimate of drug-likeness (QED) is 0.824. The summed E-state index contributed by atoms with van der Waals surface area (Å²) in [4.78, 5) is 13.5. The molecule has 92 valence electrons. The van der Waals surface area contributed by atoms with Gasteiger partial charge in [-0.05, 0) is 18.2 Å². The maximum atomic E-state index is 11.9. The van der Waals surface area contributed by atoms with E-state index in [0.717, 1.165) is 0 Å². The first-order chi connectivity index (χ1) is 8.83. The van der Waals surface area contributed by atoms with Crippen LogP contribution in [0, 0.1) is 0 Å². The van der Waals surface area contributed by atoms with Crippen LogP contribution in [0.4, 0.5) is 10.5 Å². The molecule has 2 amide bonds. The first-order valence-corrected chi connectivity index (χ1v) is 5.63. The molecular formula is C13H12N2O3. The van der Waals surface area contributed by atoms with Crippen LogP contribution in [0.25, 0.3) is 0 Å². The zero-order chi connectivity index (χ0) is 12.4. The van der Waals surface area contributed by atoms with Gasteiger partial charge < -0.3 is 14.8 Å². The maximum absolute atomic E-state index is 11.9. The van der Waals surface area contributed by atoms with Gasteiger partial charge in [-0.15, -0.1) is 0 Å². The Kier molecular flexibility index (Phi) is 2.64. The molecular weight excluding hydrogens is 232 g/mol. The molecule has 1 N–H and O–H groups in total. The lowest BCUT2D eigenvalue weighted by atomic mass is 10.3. The fraction of sp³-hybridized carbons (Fsp3) is 0.154. The molecule has 0 atom stereocenters. The molecule has 1 aromatic rings. The molecule has 5 heteroatoms. The molecule has 0 fully saturated rings. The molecule has 0 bridgehead atoms. The summed E-state index contributed by atoms with van der Waals surface area (Å²) in [7, 11) is 0. The predicted octanol–water partition coefficient (Wildman–Crippen LogP) is 2.33. The van der Waals surface area contributed by atoms with E-state index in [-0.39, 0.29) is 12.8 Å².